The van der Waals surface area contributed by atoms with E-state index in [-0.39, 0.29) is 23.4 Å². The predicted octanol–water partition coefficient (Wildman–Crippen LogP) is 2.62. The van der Waals surface area contributed by atoms with E-state index in [1.807, 2.05) is 59.2 Å². The number of fused-ring (bicyclic) bond motifs is 2. The van der Waals surface area contributed by atoms with Crippen molar-refractivity contribution in [3.8, 4) is 11.1 Å². The van der Waals surface area contributed by atoms with E-state index in [1.165, 1.54) is 0 Å². The highest BCUT2D eigenvalue weighted by Gasteiger charge is 2.26. The number of aromatic nitrogens is 4. The molecule has 1 fully saturated rings. The number of benzene rings is 2. The lowest BCUT2D eigenvalue weighted by atomic mass is 10.1. The molecule has 11 heteroatoms. The standard InChI is InChI=1S/C29H31N7O3S/c1-18-15-34(9-10-35(18)19(2)37)29-31-13-23(14-32-29)20-7-8-24-25(11-20)36(33(3)28(24)39)16-22-6-4-5-21-12-30-26(38)17-40-27(21)22/h4-8,11,13-14,18H,9-10,12,15-17H2,1-3H3,(H,30,38). The van der Waals surface area contributed by atoms with Gasteiger partial charge in [0.2, 0.25) is 17.8 Å². The fourth-order valence-electron chi connectivity index (χ4n) is 5.61. The van der Waals surface area contributed by atoms with Gasteiger partial charge in [0.25, 0.3) is 5.56 Å². The van der Waals surface area contributed by atoms with Crippen LogP contribution in [0.1, 0.15) is 25.0 Å². The third-order valence-corrected chi connectivity index (χ3v) is 8.99. The van der Waals surface area contributed by atoms with Crippen LogP contribution in [0.15, 0.2) is 58.5 Å². The number of piperazine rings is 1. The van der Waals surface area contributed by atoms with E-state index in [1.54, 1.807) is 30.4 Å². The lowest BCUT2D eigenvalue weighted by molar-refractivity contribution is -0.131. The average Bonchev–Trinajstić information content (AvgIpc) is 3.07. The Hall–Kier alpha value is -4.12. The number of nitrogens with zero attached hydrogens (tertiary/aromatic N) is 6. The number of amides is 2. The Morgan fingerprint density at radius 3 is 2.65 bits per heavy atom. The van der Waals surface area contributed by atoms with Gasteiger partial charge < -0.3 is 15.1 Å². The Kier molecular flexibility index (Phi) is 6.83. The van der Waals surface area contributed by atoms with Crippen LogP contribution in [0.2, 0.25) is 0 Å². The molecule has 40 heavy (non-hydrogen) atoms. The molecule has 0 aliphatic carbocycles. The summed E-state index contributed by atoms with van der Waals surface area (Å²) >= 11 is 1.54. The number of anilines is 1. The van der Waals surface area contributed by atoms with Crippen LogP contribution in [0.25, 0.3) is 22.0 Å². The predicted molar refractivity (Wildman–Crippen MR) is 155 cm³/mol. The van der Waals surface area contributed by atoms with Gasteiger partial charge in [0.1, 0.15) is 0 Å². The van der Waals surface area contributed by atoms with Crippen LogP contribution in [0.4, 0.5) is 5.95 Å². The van der Waals surface area contributed by atoms with Crippen LogP contribution >= 0.6 is 11.8 Å². The molecular weight excluding hydrogens is 526 g/mol. The molecule has 6 rings (SSSR count). The molecule has 1 atom stereocenters. The van der Waals surface area contributed by atoms with Gasteiger partial charge in [-0.2, -0.15) is 0 Å². The molecule has 0 bridgehead atoms. The monoisotopic (exact) mass is 557 g/mol. The van der Waals surface area contributed by atoms with Crippen molar-refractivity contribution in [2.75, 3.05) is 30.3 Å². The maximum absolute atomic E-state index is 13.1. The molecule has 1 N–H and O–H groups in total. The number of hydrogen-bond acceptors (Lipinski definition) is 7. The third kappa shape index (κ3) is 4.74. The van der Waals surface area contributed by atoms with E-state index in [0.717, 1.165) is 32.7 Å². The second-order valence-electron chi connectivity index (χ2n) is 10.4. The Labute approximate surface area is 236 Å². The molecule has 4 heterocycles. The van der Waals surface area contributed by atoms with Crippen molar-refractivity contribution < 1.29 is 9.59 Å². The molecule has 0 radical (unpaired) electrons. The van der Waals surface area contributed by atoms with E-state index in [0.29, 0.717) is 49.8 Å². The molecule has 0 spiro atoms. The zero-order chi connectivity index (χ0) is 28.0. The van der Waals surface area contributed by atoms with E-state index >= 15 is 0 Å². The summed E-state index contributed by atoms with van der Waals surface area (Å²) < 4.78 is 3.64. The number of thioether (sulfide) groups is 1. The Bertz CT molecular complexity index is 1680. The lowest BCUT2D eigenvalue weighted by Gasteiger charge is -2.39. The van der Waals surface area contributed by atoms with Crippen molar-refractivity contribution in [3.05, 3.63) is 70.3 Å². The average molecular weight is 558 g/mol. The molecule has 2 aliphatic rings. The van der Waals surface area contributed by atoms with Crippen LogP contribution in [0, 0.1) is 0 Å². The summed E-state index contributed by atoms with van der Waals surface area (Å²) in [5.74, 6) is 1.14. The summed E-state index contributed by atoms with van der Waals surface area (Å²) in [6.45, 7) is 6.69. The van der Waals surface area contributed by atoms with Gasteiger partial charge in [-0.25, -0.2) is 9.97 Å². The van der Waals surface area contributed by atoms with Crippen molar-refractivity contribution in [3.63, 3.8) is 0 Å². The second-order valence-corrected chi connectivity index (χ2v) is 11.4. The highest BCUT2D eigenvalue weighted by atomic mass is 32.2. The van der Waals surface area contributed by atoms with Crippen molar-refractivity contribution in [1.29, 1.82) is 0 Å². The zero-order valence-corrected chi connectivity index (χ0v) is 23.6. The summed E-state index contributed by atoms with van der Waals surface area (Å²) in [7, 11) is 1.78. The first-order valence-electron chi connectivity index (χ1n) is 13.3. The van der Waals surface area contributed by atoms with Crippen LogP contribution in [0.5, 0.6) is 0 Å². The summed E-state index contributed by atoms with van der Waals surface area (Å²) in [6, 6.07) is 12.0. The number of carbonyl (C=O) groups is 2. The van der Waals surface area contributed by atoms with Crippen molar-refractivity contribution in [2.45, 2.75) is 37.9 Å². The lowest BCUT2D eigenvalue weighted by Crippen LogP contribution is -2.53. The van der Waals surface area contributed by atoms with Gasteiger partial charge >= 0.3 is 0 Å². The Balaban J connectivity index is 1.30. The van der Waals surface area contributed by atoms with Gasteiger partial charge in [-0.1, -0.05) is 24.3 Å². The summed E-state index contributed by atoms with van der Waals surface area (Å²) in [4.78, 5) is 51.3. The molecule has 0 saturated carbocycles. The maximum atomic E-state index is 13.1. The minimum atomic E-state index is -0.0570. The molecule has 1 saturated heterocycles. The fourth-order valence-corrected chi connectivity index (χ4v) is 6.64. The highest BCUT2D eigenvalue weighted by Crippen LogP contribution is 2.31. The normalized spacial score (nSPS) is 17.5. The van der Waals surface area contributed by atoms with Crippen molar-refractivity contribution in [2.24, 2.45) is 7.05 Å². The number of rotatable bonds is 4. The quantitative estimate of drug-likeness (QED) is 0.411. The topological polar surface area (TPSA) is 105 Å². The molecule has 1 unspecified atom stereocenters. The second kappa shape index (κ2) is 10.5. The first kappa shape index (κ1) is 26.1. The maximum Gasteiger partial charge on any atom is 0.274 e. The molecular formula is C29H31N7O3S. The van der Waals surface area contributed by atoms with E-state index < -0.39 is 0 Å². The summed E-state index contributed by atoms with van der Waals surface area (Å²) in [5, 5.41) is 3.59. The number of hydrogen-bond donors (Lipinski definition) is 1. The van der Waals surface area contributed by atoms with Gasteiger partial charge in [0.05, 0.1) is 23.2 Å². The fraction of sp³-hybridized carbons (Fsp3) is 0.345. The third-order valence-electron chi connectivity index (χ3n) is 7.77. The SMILES string of the molecule is CC(=O)N1CCN(c2ncc(-c3ccc4c(=O)n(C)n(Cc5cccc6c5SCC(=O)NC6)c4c3)cn2)CC1C. The van der Waals surface area contributed by atoms with Crippen LogP contribution in [-0.4, -0.2) is 67.5 Å². The smallest absolute Gasteiger partial charge is 0.274 e. The largest absolute Gasteiger partial charge is 0.351 e. The van der Waals surface area contributed by atoms with E-state index in [4.69, 9.17) is 0 Å². The van der Waals surface area contributed by atoms with E-state index in [2.05, 4.69) is 26.3 Å². The summed E-state index contributed by atoms with van der Waals surface area (Å²) in [5.41, 5.74) is 4.71. The van der Waals surface area contributed by atoms with Gasteiger partial charge in [-0.15, -0.1) is 11.8 Å². The van der Waals surface area contributed by atoms with Crippen molar-refractivity contribution >= 4 is 40.4 Å². The molecule has 2 aliphatic heterocycles. The minimum Gasteiger partial charge on any atom is -0.351 e. The number of carbonyl (C=O) groups excluding carboxylic acids is 2. The van der Waals surface area contributed by atoms with Gasteiger partial charge in [0, 0.05) is 69.0 Å². The Morgan fingerprint density at radius 2 is 1.90 bits per heavy atom. The van der Waals surface area contributed by atoms with Gasteiger partial charge in [-0.3, -0.25) is 23.7 Å². The molecule has 2 aromatic heterocycles. The summed E-state index contributed by atoms with van der Waals surface area (Å²) in [6.07, 6.45) is 3.63. The molecule has 206 valence electrons. The van der Waals surface area contributed by atoms with E-state index in [9.17, 15) is 14.4 Å². The zero-order valence-electron chi connectivity index (χ0n) is 22.8. The molecule has 2 amide bonds. The van der Waals surface area contributed by atoms with Crippen LogP contribution in [-0.2, 0) is 29.7 Å². The first-order valence-corrected chi connectivity index (χ1v) is 14.3. The highest BCUT2D eigenvalue weighted by molar-refractivity contribution is 8.00. The van der Waals surface area contributed by atoms with Crippen LogP contribution in [0.3, 0.4) is 0 Å². The Morgan fingerprint density at radius 1 is 1.10 bits per heavy atom. The molecule has 10 nitrogen and oxygen atoms in total. The molecule has 2 aromatic carbocycles. The van der Waals surface area contributed by atoms with Gasteiger partial charge in [-0.05, 0) is 35.7 Å². The first-order chi connectivity index (χ1) is 19.3. The van der Waals surface area contributed by atoms with Gasteiger partial charge in [0.15, 0.2) is 0 Å². The minimum absolute atomic E-state index is 0.0247. The molecule has 4 aromatic rings. The van der Waals surface area contributed by atoms with Crippen molar-refractivity contribution in [1.82, 2.24) is 29.5 Å². The van der Waals surface area contributed by atoms with Crippen LogP contribution < -0.4 is 15.8 Å². The number of nitrogens with one attached hydrogen (secondary N) is 1.